The van der Waals surface area contributed by atoms with Crippen LogP contribution in [0.3, 0.4) is 0 Å². The number of amides is 1. The number of likely N-dealkylation sites (tertiary alicyclic amines) is 1. The Kier molecular flexibility index (Phi) is 9.48. The van der Waals surface area contributed by atoms with Crippen molar-refractivity contribution in [3.8, 4) is 5.75 Å². The Balaban J connectivity index is 1.95. The van der Waals surface area contributed by atoms with E-state index in [9.17, 15) is 9.59 Å². The molecule has 0 aliphatic carbocycles. The van der Waals surface area contributed by atoms with Crippen molar-refractivity contribution < 1.29 is 23.8 Å². The van der Waals surface area contributed by atoms with Crippen LogP contribution in [0.4, 0.5) is 0 Å². The number of methoxy groups -OCH3 is 1. The summed E-state index contributed by atoms with van der Waals surface area (Å²) < 4.78 is 17.9. The summed E-state index contributed by atoms with van der Waals surface area (Å²) in [6.45, 7) is 14.8. The van der Waals surface area contributed by atoms with Crippen molar-refractivity contribution in [1.29, 1.82) is 0 Å². The fourth-order valence-electron chi connectivity index (χ4n) is 5.85. The standard InChI is InChI=1S/C34H44N2O5S/c1-9-40-22-25-21-34(31(38)41-33(5,6)7,20-23-13-11-10-12-14-23)36(28(25)29-35-17-18-42-29)30(37)24-15-16-26(32(2,3)4)27(19-24)39-8/h10-19,25,28H,9,20-22H2,1-8H3/t25-,28+,34-/m0/s1. The first kappa shape index (κ1) is 31.7. The number of thiazole rings is 1. The van der Waals surface area contributed by atoms with Gasteiger partial charge in [0.25, 0.3) is 5.91 Å². The van der Waals surface area contributed by atoms with Gasteiger partial charge in [-0.05, 0) is 62.8 Å². The summed E-state index contributed by atoms with van der Waals surface area (Å²) in [5.74, 6) is -0.233. The van der Waals surface area contributed by atoms with Gasteiger partial charge in [-0.2, -0.15) is 0 Å². The molecule has 4 rings (SSSR count). The SMILES string of the molecule is CCOC[C@@H]1C[C@@](Cc2ccccc2)(C(=O)OC(C)(C)C)N(C(=O)c2ccc(C(C)(C)C)c(OC)c2)[C@H]1c1nccs1. The number of carbonyl (C=O) groups is 2. The lowest BCUT2D eigenvalue weighted by molar-refractivity contribution is -0.167. The van der Waals surface area contributed by atoms with Gasteiger partial charge in [0.05, 0.1) is 19.8 Å². The van der Waals surface area contributed by atoms with Gasteiger partial charge in [-0.3, -0.25) is 4.79 Å². The Bertz CT molecular complexity index is 1360. The number of rotatable bonds is 9. The fraction of sp³-hybridized carbons (Fsp3) is 0.500. The summed E-state index contributed by atoms with van der Waals surface area (Å²) in [6.07, 6.45) is 2.42. The van der Waals surface area contributed by atoms with Gasteiger partial charge in [-0.25, -0.2) is 9.78 Å². The molecule has 2 aromatic carbocycles. The van der Waals surface area contributed by atoms with Gasteiger partial charge in [0.1, 0.15) is 21.9 Å². The maximum absolute atomic E-state index is 14.9. The van der Waals surface area contributed by atoms with Crippen molar-refractivity contribution >= 4 is 23.2 Å². The van der Waals surface area contributed by atoms with Crippen molar-refractivity contribution in [2.24, 2.45) is 5.92 Å². The number of ether oxygens (including phenoxy) is 3. The smallest absolute Gasteiger partial charge is 0.332 e. The maximum atomic E-state index is 14.9. The molecule has 1 aliphatic rings. The molecule has 1 fully saturated rings. The Morgan fingerprint density at radius 2 is 1.79 bits per heavy atom. The second-order valence-electron chi connectivity index (χ2n) is 13.0. The van der Waals surface area contributed by atoms with Crippen LogP contribution in [0.5, 0.6) is 5.75 Å². The van der Waals surface area contributed by atoms with Gasteiger partial charge >= 0.3 is 5.97 Å². The predicted molar refractivity (Wildman–Crippen MR) is 166 cm³/mol. The third-order valence-corrected chi connectivity index (χ3v) is 8.47. The van der Waals surface area contributed by atoms with Crippen molar-refractivity contribution in [3.05, 3.63) is 81.8 Å². The van der Waals surface area contributed by atoms with Crippen LogP contribution < -0.4 is 4.74 Å². The number of nitrogens with zero attached hydrogens (tertiary/aromatic N) is 2. The van der Waals surface area contributed by atoms with Gasteiger partial charge in [-0.1, -0.05) is 57.2 Å². The number of aromatic nitrogens is 1. The van der Waals surface area contributed by atoms with E-state index in [0.29, 0.717) is 37.4 Å². The van der Waals surface area contributed by atoms with Crippen molar-refractivity contribution in [3.63, 3.8) is 0 Å². The average Bonchev–Trinajstić information content (AvgIpc) is 3.57. The number of benzene rings is 2. The highest BCUT2D eigenvalue weighted by molar-refractivity contribution is 7.09. The van der Waals surface area contributed by atoms with E-state index in [1.807, 2.05) is 75.5 Å². The molecule has 0 spiro atoms. The number of carbonyl (C=O) groups excluding carboxylic acids is 2. The van der Waals surface area contributed by atoms with Gasteiger partial charge in [0, 0.05) is 36.1 Å². The third-order valence-electron chi connectivity index (χ3n) is 7.62. The molecule has 8 heteroatoms. The Labute approximate surface area is 254 Å². The van der Waals surface area contributed by atoms with E-state index >= 15 is 0 Å². The fourth-order valence-corrected chi connectivity index (χ4v) is 6.67. The summed E-state index contributed by atoms with van der Waals surface area (Å²) in [7, 11) is 1.62. The average molecular weight is 593 g/mol. The molecule has 226 valence electrons. The highest BCUT2D eigenvalue weighted by Crippen LogP contribution is 2.51. The number of hydrogen-bond donors (Lipinski definition) is 0. The van der Waals surface area contributed by atoms with Gasteiger partial charge in [0.2, 0.25) is 0 Å². The lowest BCUT2D eigenvalue weighted by atomic mass is 9.84. The zero-order chi connectivity index (χ0) is 30.7. The predicted octanol–water partition coefficient (Wildman–Crippen LogP) is 7.01. The van der Waals surface area contributed by atoms with E-state index in [0.717, 1.165) is 16.1 Å². The van der Waals surface area contributed by atoms with Crippen LogP contribution in [0.2, 0.25) is 0 Å². The van der Waals surface area contributed by atoms with E-state index in [1.165, 1.54) is 11.3 Å². The van der Waals surface area contributed by atoms with Crippen LogP contribution in [0.15, 0.2) is 60.1 Å². The second-order valence-corrected chi connectivity index (χ2v) is 13.9. The molecule has 3 atom stereocenters. The molecule has 0 saturated carbocycles. The Morgan fingerprint density at radius 3 is 2.36 bits per heavy atom. The van der Waals surface area contributed by atoms with Crippen LogP contribution >= 0.6 is 11.3 Å². The summed E-state index contributed by atoms with van der Waals surface area (Å²) in [6, 6.07) is 14.9. The first-order chi connectivity index (χ1) is 19.8. The molecule has 1 saturated heterocycles. The molecule has 0 unspecified atom stereocenters. The summed E-state index contributed by atoms with van der Waals surface area (Å²) in [5, 5.41) is 2.67. The first-order valence-corrected chi connectivity index (χ1v) is 15.5. The highest BCUT2D eigenvalue weighted by atomic mass is 32.1. The van der Waals surface area contributed by atoms with Gasteiger partial charge in [-0.15, -0.1) is 11.3 Å². The Hall–Kier alpha value is -3.23. The van der Waals surface area contributed by atoms with E-state index in [2.05, 4.69) is 25.8 Å². The Morgan fingerprint density at radius 1 is 1.07 bits per heavy atom. The molecular formula is C34H44N2O5S. The number of hydrogen-bond acceptors (Lipinski definition) is 7. The first-order valence-electron chi connectivity index (χ1n) is 14.6. The quantitative estimate of drug-likeness (QED) is 0.249. The second kappa shape index (κ2) is 12.6. The van der Waals surface area contributed by atoms with Crippen LogP contribution in [0.1, 0.15) is 87.4 Å². The normalized spacial score (nSPS) is 20.9. The molecule has 1 aromatic heterocycles. The minimum atomic E-state index is -1.29. The maximum Gasteiger partial charge on any atom is 0.332 e. The summed E-state index contributed by atoms with van der Waals surface area (Å²) >= 11 is 1.48. The van der Waals surface area contributed by atoms with Gasteiger partial charge < -0.3 is 19.1 Å². The molecule has 42 heavy (non-hydrogen) atoms. The molecule has 3 aromatic rings. The summed E-state index contributed by atoms with van der Waals surface area (Å²) in [4.78, 5) is 35.8. The molecule has 1 aliphatic heterocycles. The van der Waals surface area contributed by atoms with Crippen LogP contribution in [0.25, 0.3) is 0 Å². The largest absolute Gasteiger partial charge is 0.496 e. The molecule has 7 nitrogen and oxygen atoms in total. The lowest BCUT2D eigenvalue weighted by Gasteiger charge is -2.40. The third kappa shape index (κ3) is 6.70. The topological polar surface area (TPSA) is 78.0 Å². The number of esters is 1. The van der Waals surface area contributed by atoms with Crippen LogP contribution in [0, 0.1) is 5.92 Å². The van der Waals surface area contributed by atoms with E-state index < -0.39 is 23.2 Å². The zero-order valence-corrected chi connectivity index (χ0v) is 26.9. The molecule has 2 heterocycles. The van der Waals surface area contributed by atoms with Crippen molar-refractivity contribution in [2.75, 3.05) is 20.3 Å². The zero-order valence-electron chi connectivity index (χ0n) is 26.1. The monoisotopic (exact) mass is 592 g/mol. The van der Waals surface area contributed by atoms with E-state index in [1.54, 1.807) is 24.3 Å². The molecule has 0 radical (unpaired) electrons. The van der Waals surface area contributed by atoms with E-state index in [-0.39, 0.29) is 17.2 Å². The van der Waals surface area contributed by atoms with Crippen LogP contribution in [-0.4, -0.2) is 53.2 Å². The molecular weight excluding hydrogens is 548 g/mol. The highest BCUT2D eigenvalue weighted by Gasteiger charge is 2.60. The minimum Gasteiger partial charge on any atom is -0.496 e. The van der Waals surface area contributed by atoms with E-state index in [4.69, 9.17) is 14.2 Å². The lowest BCUT2D eigenvalue weighted by Crippen LogP contribution is -2.57. The molecule has 0 bridgehead atoms. The van der Waals surface area contributed by atoms with Crippen molar-refractivity contribution in [2.45, 2.75) is 83.9 Å². The van der Waals surface area contributed by atoms with Gasteiger partial charge in [0.15, 0.2) is 0 Å². The van der Waals surface area contributed by atoms with Crippen molar-refractivity contribution in [1.82, 2.24) is 9.88 Å². The minimum absolute atomic E-state index is 0.174. The molecule has 1 amide bonds. The summed E-state index contributed by atoms with van der Waals surface area (Å²) in [5.41, 5.74) is 0.161. The van der Waals surface area contributed by atoms with Crippen LogP contribution in [-0.2, 0) is 26.1 Å². The molecule has 0 N–H and O–H groups in total.